The normalized spacial score (nSPS) is 16.8. The first-order chi connectivity index (χ1) is 12.0. The maximum atomic E-state index is 12.6. The van der Waals surface area contributed by atoms with Gasteiger partial charge in [0.1, 0.15) is 11.5 Å². The number of halogens is 1. The van der Waals surface area contributed by atoms with Crippen LogP contribution in [-0.4, -0.2) is 27.7 Å². The molecule has 0 bridgehead atoms. The van der Waals surface area contributed by atoms with Crippen LogP contribution < -0.4 is 0 Å². The zero-order chi connectivity index (χ0) is 17.8. The molecule has 0 spiro atoms. The van der Waals surface area contributed by atoms with Gasteiger partial charge in [-0.3, -0.25) is 9.59 Å². The second-order valence-corrected chi connectivity index (χ2v) is 6.70. The van der Waals surface area contributed by atoms with Crippen molar-refractivity contribution in [3.8, 4) is 0 Å². The summed E-state index contributed by atoms with van der Waals surface area (Å²) in [7, 11) is 0. The lowest BCUT2D eigenvalue weighted by Crippen LogP contribution is -2.27. The molecule has 3 rings (SSSR count). The molecule has 130 valence electrons. The third-order valence-electron chi connectivity index (χ3n) is 4.01. The van der Waals surface area contributed by atoms with Gasteiger partial charge in [0.2, 0.25) is 5.91 Å². The summed E-state index contributed by atoms with van der Waals surface area (Å²) in [6.07, 6.45) is 2.54. The second kappa shape index (κ2) is 7.65. The van der Waals surface area contributed by atoms with Crippen LogP contribution in [-0.2, 0) is 9.59 Å². The molecule has 1 amide bonds. The van der Waals surface area contributed by atoms with E-state index in [1.165, 1.54) is 5.01 Å². The van der Waals surface area contributed by atoms with Gasteiger partial charge in [0.15, 0.2) is 0 Å². The Bertz CT molecular complexity index is 784. The van der Waals surface area contributed by atoms with Crippen molar-refractivity contribution in [2.75, 3.05) is 0 Å². The standard InChI is InChI=1S/C18H17BrN2O4/c19-13-8-6-12(7-9-13)15-11-14(16-3-2-10-25-16)20-21(15)17(22)4-1-5-18(23)24/h2-3,6-10,15H,1,4-5,11H2,(H,23,24). The molecule has 0 saturated heterocycles. The van der Waals surface area contributed by atoms with Crippen molar-refractivity contribution in [2.45, 2.75) is 31.7 Å². The van der Waals surface area contributed by atoms with Gasteiger partial charge >= 0.3 is 5.97 Å². The van der Waals surface area contributed by atoms with Gasteiger partial charge in [-0.2, -0.15) is 5.10 Å². The molecule has 1 atom stereocenters. The molecular weight excluding hydrogens is 388 g/mol. The van der Waals surface area contributed by atoms with E-state index in [9.17, 15) is 9.59 Å². The van der Waals surface area contributed by atoms with Crippen LogP contribution in [0.1, 0.15) is 43.0 Å². The summed E-state index contributed by atoms with van der Waals surface area (Å²) >= 11 is 3.41. The highest BCUT2D eigenvalue weighted by Crippen LogP contribution is 2.34. The van der Waals surface area contributed by atoms with Crippen LogP contribution in [0.5, 0.6) is 0 Å². The van der Waals surface area contributed by atoms with Crippen molar-refractivity contribution in [3.05, 3.63) is 58.5 Å². The Morgan fingerprint density at radius 3 is 2.64 bits per heavy atom. The van der Waals surface area contributed by atoms with Crippen molar-refractivity contribution in [1.29, 1.82) is 0 Å². The number of hydrogen-bond donors (Lipinski definition) is 1. The number of hydrazone groups is 1. The molecule has 0 saturated carbocycles. The van der Waals surface area contributed by atoms with Gasteiger partial charge < -0.3 is 9.52 Å². The van der Waals surface area contributed by atoms with E-state index in [1.807, 2.05) is 30.3 Å². The van der Waals surface area contributed by atoms with Gasteiger partial charge in [0.25, 0.3) is 0 Å². The van der Waals surface area contributed by atoms with Crippen LogP contribution >= 0.6 is 15.9 Å². The Morgan fingerprint density at radius 2 is 2.00 bits per heavy atom. The summed E-state index contributed by atoms with van der Waals surface area (Å²) in [5, 5.41) is 14.7. The van der Waals surface area contributed by atoms with E-state index in [0.29, 0.717) is 24.3 Å². The average Bonchev–Trinajstić information content (AvgIpc) is 3.24. The minimum absolute atomic E-state index is 0.0305. The van der Waals surface area contributed by atoms with Gasteiger partial charge in [-0.05, 0) is 36.2 Å². The zero-order valence-corrected chi connectivity index (χ0v) is 15.0. The smallest absolute Gasteiger partial charge is 0.303 e. The van der Waals surface area contributed by atoms with Crippen LogP contribution in [0.3, 0.4) is 0 Å². The number of hydrogen-bond acceptors (Lipinski definition) is 4. The summed E-state index contributed by atoms with van der Waals surface area (Å²) < 4.78 is 6.37. The zero-order valence-electron chi connectivity index (χ0n) is 13.4. The molecule has 0 fully saturated rings. The number of benzene rings is 1. The number of carboxylic acids is 1. The van der Waals surface area contributed by atoms with Crippen LogP contribution in [0.25, 0.3) is 0 Å². The highest BCUT2D eigenvalue weighted by atomic mass is 79.9. The molecule has 7 heteroatoms. The van der Waals surface area contributed by atoms with Crippen molar-refractivity contribution in [1.82, 2.24) is 5.01 Å². The Kier molecular flexibility index (Phi) is 5.33. The minimum Gasteiger partial charge on any atom is -0.481 e. The fraction of sp³-hybridized carbons (Fsp3) is 0.278. The summed E-state index contributed by atoms with van der Waals surface area (Å²) in [6, 6.07) is 11.1. The van der Waals surface area contributed by atoms with Gasteiger partial charge in [0, 0.05) is 23.7 Å². The predicted octanol–water partition coefficient (Wildman–Crippen LogP) is 3.97. The average molecular weight is 405 g/mol. The molecule has 1 aromatic heterocycles. The molecule has 2 aromatic rings. The fourth-order valence-electron chi connectivity index (χ4n) is 2.78. The van der Waals surface area contributed by atoms with E-state index in [2.05, 4.69) is 21.0 Å². The van der Waals surface area contributed by atoms with Crippen LogP contribution in [0.4, 0.5) is 0 Å². The molecule has 2 heterocycles. The van der Waals surface area contributed by atoms with E-state index in [0.717, 1.165) is 10.0 Å². The molecule has 1 aromatic carbocycles. The van der Waals surface area contributed by atoms with Crippen LogP contribution in [0.15, 0.2) is 56.7 Å². The number of amides is 1. The van der Waals surface area contributed by atoms with Gasteiger partial charge in [-0.25, -0.2) is 5.01 Å². The maximum Gasteiger partial charge on any atom is 0.303 e. The third kappa shape index (κ3) is 4.17. The number of carboxylic acid groups (broad SMARTS) is 1. The van der Waals surface area contributed by atoms with Gasteiger partial charge in [0.05, 0.1) is 12.3 Å². The van der Waals surface area contributed by atoms with Crippen molar-refractivity contribution in [3.63, 3.8) is 0 Å². The van der Waals surface area contributed by atoms with Crippen LogP contribution in [0, 0.1) is 0 Å². The lowest BCUT2D eigenvalue weighted by molar-refractivity contribution is -0.137. The minimum atomic E-state index is -0.904. The molecule has 0 aliphatic carbocycles. The maximum absolute atomic E-state index is 12.6. The first-order valence-corrected chi connectivity index (χ1v) is 8.74. The van der Waals surface area contributed by atoms with Crippen molar-refractivity contribution < 1.29 is 19.1 Å². The van der Waals surface area contributed by atoms with Crippen molar-refractivity contribution >= 4 is 33.5 Å². The topological polar surface area (TPSA) is 83.1 Å². The van der Waals surface area contributed by atoms with E-state index >= 15 is 0 Å². The Morgan fingerprint density at radius 1 is 1.24 bits per heavy atom. The number of aliphatic carboxylic acids is 1. The fourth-order valence-corrected chi connectivity index (χ4v) is 3.05. The second-order valence-electron chi connectivity index (χ2n) is 5.78. The number of rotatable bonds is 6. The third-order valence-corrected chi connectivity index (χ3v) is 4.54. The predicted molar refractivity (Wildman–Crippen MR) is 95.1 cm³/mol. The van der Waals surface area contributed by atoms with E-state index in [1.54, 1.807) is 12.3 Å². The molecule has 0 radical (unpaired) electrons. The highest BCUT2D eigenvalue weighted by Gasteiger charge is 2.33. The first kappa shape index (κ1) is 17.4. The summed E-state index contributed by atoms with van der Waals surface area (Å²) in [4.78, 5) is 23.2. The van der Waals surface area contributed by atoms with Gasteiger partial charge in [-0.1, -0.05) is 28.1 Å². The first-order valence-electron chi connectivity index (χ1n) is 7.95. The monoisotopic (exact) mass is 404 g/mol. The lowest BCUT2D eigenvalue weighted by atomic mass is 10.0. The van der Waals surface area contributed by atoms with Gasteiger partial charge in [-0.15, -0.1) is 0 Å². The molecule has 6 nitrogen and oxygen atoms in total. The molecule has 25 heavy (non-hydrogen) atoms. The number of nitrogens with zero attached hydrogens (tertiary/aromatic N) is 2. The van der Waals surface area contributed by atoms with Crippen LogP contribution in [0.2, 0.25) is 0 Å². The molecule has 1 unspecified atom stereocenters. The largest absolute Gasteiger partial charge is 0.481 e. The quantitative estimate of drug-likeness (QED) is 0.788. The summed E-state index contributed by atoms with van der Waals surface area (Å²) in [6.45, 7) is 0. The highest BCUT2D eigenvalue weighted by molar-refractivity contribution is 9.10. The molecule has 1 aliphatic heterocycles. The van der Waals surface area contributed by atoms with Crippen molar-refractivity contribution in [2.24, 2.45) is 5.10 Å². The Labute approximate surface area is 153 Å². The summed E-state index contributed by atoms with van der Waals surface area (Å²) in [5.74, 6) is -0.447. The van der Waals surface area contributed by atoms with E-state index in [4.69, 9.17) is 9.52 Å². The Hall–Kier alpha value is -2.41. The lowest BCUT2D eigenvalue weighted by Gasteiger charge is -2.22. The molecular formula is C18H17BrN2O4. The van der Waals surface area contributed by atoms with E-state index < -0.39 is 5.97 Å². The molecule has 1 aliphatic rings. The van der Waals surface area contributed by atoms with E-state index in [-0.39, 0.29) is 24.8 Å². The Balaban J connectivity index is 1.81. The SMILES string of the molecule is O=C(O)CCCC(=O)N1N=C(c2ccco2)CC1c1ccc(Br)cc1. The molecule has 1 N–H and O–H groups in total. The number of carbonyl (C=O) groups is 2. The number of furan rings is 1. The number of carbonyl (C=O) groups excluding carboxylic acids is 1. The summed E-state index contributed by atoms with van der Waals surface area (Å²) in [5.41, 5.74) is 1.68.